The Morgan fingerprint density at radius 2 is 2.14 bits per heavy atom. The van der Waals surface area contributed by atoms with Crippen molar-refractivity contribution < 1.29 is 0 Å². The summed E-state index contributed by atoms with van der Waals surface area (Å²) >= 11 is 0. The van der Waals surface area contributed by atoms with Crippen LogP contribution in [0.4, 0.5) is 5.69 Å². The van der Waals surface area contributed by atoms with E-state index < -0.39 is 0 Å². The van der Waals surface area contributed by atoms with E-state index in [1.165, 1.54) is 0 Å². The van der Waals surface area contributed by atoms with Crippen LogP contribution in [0.15, 0.2) is 42.6 Å². The van der Waals surface area contributed by atoms with E-state index in [4.69, 9.17) is 11.0 Å². The maximum Gasteiger partial charge on any atom is 0.0991 e. The number of nitrogens with two attached hydrogens (primary N) is 1. The van der Waals surface area contributed by atoms with Crippen molar-refractivity contribution in [3.63, 3.8) is 0 Å². The van der Waals surface area contributed by atoms with Gasteiger partial charge in [0, 0.05) is 19.6 Å². The van der Waals surface area contributed by atoms with Gasteiger partial charge in [-0.2, -0.15) is 5.26 Å². The van der Waals surface area contributed by atoms with E-state index >= 15 is 0 Å². The van der Waals surface area contributed by atoms with Crippen LogP contribution in [0.25, 0.3) is 0 Å². The molecule has 0 unspecified atom stereocenters. The summed E-state index contributed by atoms with van der Waals surface area (Å²) in [5.41, 5.74) is 9.71. The number of pyridine rings is 1. The Bertz CT molecular complexity index is 628. The largest absolute Gasteiger partial charge is 0.369 e. The van der Waals surface area contributed by atoms with Crippen molar-refractivity contribution in [2.75, 3.05) is 11.9 Å². The van der Waals surface area contributed by atoms with Gasteiger partial charge in [-0.15, -0.1) is 0 Å². The lowest BCUT2D eigenvalue weighted by atomic mass is 10.1. The van der Waals surface area contributed by atoms with Crippen LogP contribution < -0.4 is 10.6 Å². The smallest absolute Gasteiger partial charge is 0.0991 e. The summed E-state index contributed by atoms with van der Waals surface area (Å²) < 4.78 is 0. The van der Waals surface area contributed by atoms with Crippen LogP contribution in [-0.4, -0.2) is 12.0 Å². The lowest BCUT2D eigenvalue weighted by Gasteiger charge is -2.20. The van der Waals surface area contributed by atoms with Crippen LogP contribution in [-0.2, 0) is 6.54 Å². The summed E-state index contributed by atoms with van der Waals surface area (Å²) in [6, 6.07) is 13.8. The molecule has 4 nitrogen and oxygen atoms in total. The number of benzene rings is 1. The Morgan fingerprint density at radius 1 is 1.33 bits per heavy atom. The van der Waals surface area contributed by atoms with Gasteiger partial charge in [0.05, 0.1) is 29.2 Å². The summed E-state index contributed by atoms with van der Waals surface area (Å²) in [6.07, 6.45) is 2.72. The standard InChI is InChI=1S/C17H20N4/c1-3-16(19)17-8-7-15(11-20-17)21(2)12-14-6-4-5-13(9-14)10-18/h4-9,11,16H,3,12,19H2,1-2H3/t16-/m1/s1. The third-order valence-electron chi connectivity index (χ3n) is 3.51. The monoisotopic (exact) mass is 280 g/mol. The number of anilines is 1. The first-order chi connectivity index (χ1) is 10.1. The van der Waals surface area contributed by atoms with Gasteiger partial charge in [0.25, 0.3) is 0 Å². The highest BCUT2D eigenvalue weighted by molar-refractivity contribution is 5.45. The summed E-state index contributed by atoms with van der Waals surface area (Å²) in [5.74, 6) is 0. The van der Waals surface area contributed by atoms with Crippen LogP contribution >= 0.6 is 0 Å². The molecule has 108 valence electrons. The van der Waals surface area contributed by atoms with Gasteiger partial charge in [-0.05, 0) is 36.2 Å². The zero-order chi connectivity index (χ0) is 15.2. The third-order valence-corrected chi connectivity index (χ3v) is 3.51. The van der Waals surface area contributed by atoms with Crippen LogP contribution in [0.1, 0.15) is 36.2 Å². The van der Waals surface area contributed by atoms with E-state index in [0.717, 1.165) is 29.9 Å². The molecular formula is C17H20N4. The topological polar surface area (TPSA) is 65.9 Å². The van der Waals surface area contributed by atoms with Gasteiger partial charge in [-0.3, -0.25) is 4.98 Å². The Balaban J connectivity index is 2.09. The molecule has 0 fully saturated rings. The highest BCUT2D eigenvalue weighted by atomic mass is 15.1. The van der Waals surface area contributed by atoms with Gasteiger partial charge >= 0.3 is 0 Å². The van der Waals surface area contributed by atoms with E-state index in [1.54, 1.807) is 0 Å². The van der Waals surface area contributed by atoms with Crippen molar-refractivity contribution in [2.24, 2.45) is 5.73 Å². The average Bonchev–Trinajstić information content (AvgIpc) is 2.54. The third kappa shape index (κ3) is 3.80. The molecule has 1 atom stereocenters. The van der Waals surface area contributed by atoms with Crippen molar-refractivity contribution in [1.82, 2.24) is 4.98 Å². The molecule has 21 heavy (non-hydrogen) atoms. The van der Waals surface area contributed by atoms with Gasteiger partial charge in [0.15, 0.2) is 0 Å². The fourth-order valence-electron chi connectivity index (χ4n) is 2.16. The van der Waals surface area contributed by atoms with Crippen LogP contribution in [0.5, 0.6) is 0 Å². The second-order valence-corrected chi connectivity index (χ2v) is 5.12. The molecule has 0 radical (unpaired) electrons. The van der Waals surface area contributed by atoms with Crippen molar-refractivity contribution in [3.8, 4) is 6.07 Å². The Kier molecular flexibility index (Phi) is 4.91. The number of nitrogens with zero attached hydrogens (tertiary/aromatic N) is 3. The van der Waals surface area contributed by atoms with Gasteiger partial charge in [0.1, 0.15) is 0 Å². The molecule has 1 aromatic carbocycles. The molecule has 0 saturated carbocycles. The normalized spacial score (nSPS) is 11.7. The molecule has 1 heterocycles. The number of hydrogen-bond acceptors (Lipinski definition) is 4. The minimum absolute atomic E-state index is 0.00309. The highest BCUT2D eigenvalue weighted by Crippen LogP contribution is 2.18. The molecule has 0 aliphatic heterocycles. The number of aromatic nitrogens is 1. The van der Waals surface area contributed by atoms with E-state index in [-0.39, 0.29) is 6.04 Å². The maximum atomic E-state index is 8.93. The molecule has 2 rings (SSSR count). The van der Waals surface area contributed by atoms with Gasteiger partial charge in [0.2, 0.25) is 0 Å². The van der Waals surface area contributed by atoms with Crippen LogP contribution in [0, 0.1) is 11.3 Å². The number of nitriles is 1. The SMILES string of the molecule is CC[C@@H](N)c1ccc(N(C)Cc2cccc(C#N)c2)cn1. The fourth-order valence-corrected chi connectivity index (χ4v) is 2.16. The van der Waals surface area contributed by atoms with E-state index in [2.05, 4.69) is 22.9 Å². The molecule has 0 amide bonds. The fraction of sp³-hybridized carbons (Fsp3) is 0.294. The first-order valence-electron chi connectivity index (χ1n) is 7.05. The van der Waals surface area contributed by atoms with Crippen molar-refractivity contribution in [1.29, 1.82) is 5.26 Å². The Morgan fingerprint density at radius 3 is 2.76 bits per heavy atom. The molecular weight excluding hydrogens is 260 g/mol. The number of rotatable bonds is 5. The molecule has 0 aliphatic rings. The zero-order valence-corrected chi connectivity index (χ0v) is 12.5. The van der Waals surface area contributed by atoms with E-state index in [1.807, 2.05) is 49.6 Å². The summed E-state index contributed by atoms with van der Waals surface area (Å²) in [7, 11) is 2.01. The Hall–Kier alpha value is -2.38. The van der Waals surface area contributed by atoms with E-state index in [0.29, 0.717) is 5.56 Å². The molecule has 1 aromatic heterocycles. The minimum atomic E-state index is -0.00309. The molecule has 2 N–H and O–H groups in total. The van der Waals surface area contributed by atoms with Gasteiger partial charge in [-0.25, -0.2) is 0 Å². The minimum Gasteiger partial charge on any atom is -0.369 e. The molecule has 0 spiro atoms. The van der Waals surface area contributed by atoms with Crippen LogP contribution in [0.2, 0.25) is 0 Å². The second-order valence-electron chi connectivity index (χ2n) is 5.12. The van der Waals surface area contributed by atoms with Gasteiger partial charge < -0.3 is 10.6 Å². The zero-order valence-electron chi connectivity index (χ0n) is 12.5. The summed E-state index contributed by atoms with van der Waals surface area (Å²) in [4.78, 5) is 6.53. The molecule has 0 saturated heterocycles. The predicted molar refractivity (Wildman–Crippen MR) is 84.7 cm³/mol. The van der Waals surface area contributed by atoms with Gasteiger partial charge in [-0.1, -0.05) is 19.1 Å². The van der Waals surface area contributed by atoms with E-state index in [9.17, 15) is 0 Å². The maximum absolute atomic E-state index is 8.93. The van der Waals surface area contributed by atoms with Crippen molar-refractivity contribution in [3.05, 3.63) is 59.4 Å². The first kappa shape index (κ1) is 15.0. The first-order valence-corrected chi connectivity index (χ1v) is 7.05. The Labute approximate surface area is 125 Å². The highest BCUT2D eigenvalue weighted by Gasteiger charge is 2.07. The summed E-state index contributed by atoms with van der Waals surface area (Å²) in [6.45, 7) is 2.78. The summed E-state index contributed by atoms with van der Waals surface area (Å²) in [5, 5.41) is 8.93. The predicted octanol–water partition coefficient (Wildman–Crippen LogP) is 3.00. The van der Waals surface area contributed by atoms with Crippen molar-refractivity contribution in [2.45, 2.75) is 25.9 Å². The average molecular weight is 280 g/mol. The quantitative estimate of drug-likeness (QED) is 0.914. The molecule has 0 bridgehead atoms. The lowest BCUT2D eigenvalue weighted by molar-refractivity contribution is 0.675. The van der Waals surface area contributed by atoms with Crippen LogP contribution in [0.3, 0.4) is 0 Å². The molecule has 2 aromatic rings. The molecule has 4 heteroatoms. The molecule has 0 aliphatic carbocycles. The number of hydrogen-bond donors (Lipinski definition) is 1. The van der Waals surface area contributed by atoms with Crippen molar-refractivity contribution >= 4 is 5.69 Å². The lowest BCUT2D eigenvalue weighted by Crippen LogP contribution is -2.17. The second kappa shape index (κ2) is 6.87.